The second kappa shape index (κ2) is 4.45. The van der Waals surface area contributed by atoms with Crippen LogP contribution in [0.3, 0.4) is 0 Å². The van der Waals surface area contributed by atoms with E-state index < -0.39 is 46.7 Å². The quantitative estimate of drug-likeness (QED) is 0.227. The van der Waals surface area contributed by atoms with Gasteiger partial charge in [-0.2, -0.15) is 0 Å². The number of nitrogens with one attached hydrogen (secondary N) is 1. The molecule has 1 atom stereocenters. The number of hydrogen-bond acceptors (Lipinski definition) is 7. The zero-order chi connectivity index (χ0) is 16.2. The summed E-state index contributed by atoms with van der Waals surface area (Å²) in [6.07, 6.45) is -0.0285. The van der Waals surface area contributed by atoms with Gasteiger partial charge in [-0.3, -0.25) is 29.4 Å². The lowest BCUT2D eigenvalue weighted by atomic mass is 10.0. The van der Waals surface area contributed by atoms with Crippen molar-refractivity contribution in [1.29, 1.82) is 0 Å². The normalized spacial score (nSPS) is 21.1. The molecule has 1 aromatic carbocycles. The molecule has 4 amide bonds. The fraction of sp³-hybridized carbons (Fsp3) is 0.231. The lowest BCUT2D eigenvalue weighted by molar-refractivity contribution is -0.136. The highest BCUT2D eigenvalue weighted by atomic mass is 16.3. The highest BCUT2D eigenvalue weighted by molar-refractivity contribution is 6.26. The van der Waals surface area contributed by atoms with Gasteiger partial charge in [0.2, 0.25) is 11.8 Å². The molecule has 1 unspecified atom stereocenters. The number of phenolic OH excluding ortho intramolecular Hbond substituents is 2. The van der Waals surface area contributed by atoms with E-state index in [1.165, 1.54) is 0 Å². The van der Waals surface area contributed by atoms with E-state index in [1.54, 1.807) is 0 Å². The summed E-state index contributed by atoms with van der Waals surface area (Å²) >= 11 is 0. The summed E-state index contributed by atoms with van der Waals surface area (Å²) in [4.78, 5) is 48.4. The molecule has 114 valence electrons. The van der Waals surface area contributed by atoms with Crippen LogP contribution in [0.15, 0.2) is 6.07 Å². The van der Waals surface area contributed by atoms with Crippen LogP contribution in [0.5, 0.6) is 11.5 Å². The summed E-state index contributed by atoms with van der Waals surface area (Å²) in [7, 11) is 0. The Bertz CT molecular complexity index is 757. The van der Waals surface area contributed by atoms with Crippen LogP contribution in [0.25, 0.3) is 0 Å². The first kappa shape index (κ1) is 13.9. The zero-order valence-corrected chi connectivity index (χ0v) is 11.1. The fourth-order valence-electron chi connectivity index (χ4n) is 2.66. The molecule has 0 spiro atoms. The minimum atomic E-state index is -1.16. The van der Waals surface area contributed by atoms with Crippen molar-refractivity contribution in [3.8, 4) is 11.5 Å². The summed E-state index contributed by atoms with van der Waals surface area (Å²) in [6, 6.07) is -0.209. The number of hydrogen-bond donors (Lipinski definition) is 4. The van der Waals surface area contributed by atoms with Gasteiger partial charge in [-0.25, -0.2) is 0 Å². The van der Waals surface area contributed by atoms with Crippen LogP contribution in [0.2, 0.25) is 0 Å². The number of carbonyl (C=O) groups is 4. The van der Waals surface area contributed by atoms with Gasteiger partial charge in [0, 0.05) is 18.2 Å². The van der Waals surface area contributed by atoms with Gasteiger partial charge in [0.1, 0.15) is 11.6 Å². The molecule has 0 radical (unpaired) electrons. The molecule has 0 aliphatic carbocycles. The number of phenols is 2. The minimum absolute atomic E-state index is 0.0111. The summed E-state index contributed by atoms with van der Waals surface area (Å²) in [5, 5.41) is 21.4. The smallest absolute Gasteiger partial charge is 0.266 e. The number of nitrogen functional groups attached to an aromatic ring is 1. The molecule has 0 bridgehead atoms. The third kappa shape index (κ3) is 1.72. The van der Waals surface area contributed by atoms with Crippen LogP contribution in [0.1, 0.15) is 33.6 Å². The van der Waals surface area contributed by atoms with Crippen molar-refractivity contribution >= 4 is 29.3 Å². The van der Waals surface area contributed by atoms with E-state index >= 15 is 0 Å². The number of rotatable bonds is 1. The summed E-state index contributed by atoms with van der Waals surface area (Å²) in [5.41, 5.74) is 4.74. The highest BCUT2D eigenvalue weighted by Crippen LogP contribution is 2.41. The molecule has 2 heterocycles. The SMILES string of the molecule is Nc1cc(O)c(O)c2c1C(=O)N(C1CCC(=O)NC1=O)C2=O. The number of nitrogens with zero attached hydrogens (tertiary/aromatic N) is 1. The van der Waals surface area contributed by atoms with Crippen molar-refractivity contribution in [3.63, 3.8) is 0 Å². The van der Waals surface area contributed by atoms with E-state index in [0.717, 1.165) is 6.07 Å². The Morgan fingerprint density at radius 3 is 2.41 bits per heavy atom. The second-order valence-electron chi connectivity index (χ2n) is 5.03. The number of carbonyl (C=O) groups excluding carboxylic acids is 4. The number of amides is 4. The summed E-state index contributed by atoms with van der Waals surface area (Å²) in [6.45, 7) is 0. The summed E-state index contributed by atoms with van der Waals surface area (Å²) in [5.74, 6) is -4.44. The van der Waals surface area contributed by atoms with Crippen molar-refractivity contribution < 1.29 is 29.4 Å². The van der Waals surface area contributed by atoms with Gasteiger partial charge in [-0.15, -0.1) is 0 Å². The third-order valence-corrected chi connectivity index (χ3v) is 3.70. The maximum absolute atomic E-state index is 12.4. The standard InChI is InChI=1S/C13H11N3O6/c14-4-3-6(17)10(19)9-8(4)12(21)16(13(9)22)5-1-2-7(18)15-11(5)20/h3,5,17,19H,1-2,14H2,(H,15,18,20). The van der Waals surface area contributed by atoms with Crippen LogP contribution < -0.4 is 11.1 Å². The molecular formula is C13H11N3O6. The topological polar surface area (TPSA) is 150 Å². The number of aromatic hydroxyl groups is 2. The van der Waals surface area contributed by atoms with Gasteiger partial charge in [-0.1, -0.05) is 0 Å². The number of fused-ring (bicyclic) bond motifs is 1. The maximum Gasteiger partial charge on any atom is 0.266 e. The molecule has 2 aliphatic heterocycles. The van der Waals surface area contributed by atoms with Crippen molar-refractivity contribution in [2.45, 2.75) is 18.9 Å². The molecule has 22 heavy (non-hydrogen) atoms. The molecule has 0 aromatic heterocycles. The second-order valence-corrected chi connectivity index (χ2v) is 5.03. The van der Waals surface area contributed by atoms with Gasteiger partial charge < -0.3 is 15.9 Å². The van der Waals surface area contributed by atoms with E-state index in [-0.39, 0.29) is 24.1 Å². The van der Waals surface area contributed by atoms with Gasteiger partial charge in [0.15, 0.2) is 11.5 Å². The predicted molar refractivity (Wildman–Crippen MR) is 70.9 cm³/mol. The Morgan fingerprint density at radius 1 is 1.14 bits per heavy atom. The lowest BCUT2D eigenvalue weighted by Crippen LogP contribution is -2.54. The van der Waals surface area contributed by atoms with E-state index in [0.29, 0.717) is 4.90 Å². The van der Waals surface area contributed by atoms with Crippen molar-refractivity contribution in [2.24, 2.45) is 0 Å². The molecule has 3 rings (SSSR count). The van der Waals surface area contributed by atoms with E-state index in [4.69, 9.17) is 5.73 Å². The van der Waals surface area contributed by atoms with Gasteiger partial charge in [0.25, 0.3) is 11.8 Å². The first-order valence-corrected chi connectivity index (χ1v) is 6.39. The number of benzene rings is 1. The lowest BCUT2D eigenvalue weighted by Gasteiger charge is -2.27. The van der Waals surface area contributed by atoms with Gasteiger partial charge >= 0.3 is 0 Å². The average Bonchev–Trinajstić information content (AvgIpc) is 2.69. The maximum atomic E-state index is 12.4. The number of piperidine rings is 1. The Labute approximate surface area is 123 Å². The van der Waals surface area contributed by atoms with Crippen LogP contribution in [0, 0.1) is 0 Å². The monoisotopic (exact) mass is 305 g/mol. The Kier molecular flexibility index (Phi) is 2.80. The Morgan fingerprint density at radius 2 is 1.77 bits per heavy atom. The number of nitrogens with two attached hydrogens (primary N) is 1. The van der Waals surface area contributed by atoms with Gasteiger partial charge in [0.05, 0.1) is 5.56 Å². The third-order valence-electron chi connectivity index (χ3n) is 3.70. The van der Waals surface area contributed by atoms with Crippen LogP contribution >= 0.6 is 0 Å². The Hall–Kier alpha value is -3.10. The molecule has 1 aromatic rings. The van der Waals surface area contributed by atoms with Gasteiger partial charge in [-0.05, 0) is 6.42 Å². The van der Waals surface area contributed by atoms with Crippen molar-refractivity contribution in [3.05, 3.63) is 17.2 Å². The molecule has 9 heteroatoms. The number of imide groups is 2. The Balaban J connectivity index is 2.08. The fourth-order valence-corrected chi connectivity index (χ4v) is 2.66. The molecule has 9 nitrogen and oxygen atoms in total. The zero-order valence-electron chi connectivity index (χ0n) is 11.1. The first-order valence-electron chi connectivity index (χ1n) is 6.39. The van der Waals surface area contributed by atoms with E-state index in [9.17, 15) is 29.4 Å². The average molecular weight is 305 g/mol. The molecule has 1 fully saturated rings. The summed E-state index contributed by atoms with van der Waals surface area (Å²) < 4.78 is 0. The number of anilines is 1. The van der Waals surface area contributed by atoms with Crippen molar-refractivity contribution in [1.82, 2.24) is 10.2 Å². The predicted octanol–water partition coefficient (Wildman–Crippen LogP) is -0.919. The van der Waals surface area contributed by atoms with E-state index in [1.807, 2.05) is 5.32 Å². The highest BCUT2D eigenvalue weighted by Gasteiger charge is 2.47. The largest absolute Gasteiger partial charge is 0.504 e. The first-order chi connectivity index (χ1) is 10.3. The molecule has 1 saturated heterocycles. The molecule has 0 saturated carbocycles. The van der Waals surface area contributed by atoms with E-state index in [2.05, 4.69) is 0 Å². The molecule has 2 aliphatic rings. The van der Waals surface area contributed by atoms with Crippen LogP contribution in [-0.2, 0) is 9.59 Å². The molecular weight excluding hydrogens is 294 g/mol. The molecule has 5 N–H and O–H groups in total. The van der Waals surface area contributed by atoms with Crippen molar-refractivity contribution in [2.75, 3.05) is 5.73 Å². The van der Waals surface area contributed by atoms with Crippen LogP contribution in [-0.4, -0.2) is 44.8 Å². The van der Waals surface area contributed by atoms with Crippen LogP contribution in [0.4, 0.5) is 5.69 Å². The minimum Gasteiger partial charge on any atom is -0.504 e.